The number of amides is 1. The highest BCUT2D eigenvalue weighted by Gasteiger charge is 2.43. The summed E-state index contributed by atoms with van der Waals surface area (Å²) in [6.07, 6.45) is 11.6. The summed E-state index contributed by atoms with van der Waals surface area (Å²) in [5, 5.41) is 0. The van der Waals surface area contributed by atoms with Crippen molar-refractivity contribution in [3.63, 3.8) is 0 Å². The van der Waals surface area contributed by atoms with Crippen LogP contribution in [-0.2, 0) is 4.79 Å². The largest absolute Gasteiger partial charge is 0.369 e. The molecule has 0 radical (unpaired) electrons. The lowest BCUT2D eigenvalue weighted by Crippen LogP contribution is -2.44. The van der Waals surface area contributed by atoms with E-state index in [1.807, 2.05) is 0 Å². The van der Waals surface area contributed by atoms with Crippen LogP contribution in [0.1, 0.15) is 85.5 Å². The Balaban J connectivity index is 1.92. The van der Waals surface area contributed by atoms with Gasteiger partial charge < -0.3 is 5.73 Å². The van der Waals surface area contributed by atoms with Crippen LogP contribution in [0.15, 0.2) is 0 Å². The Hall–Kier alpha value is -0.530. The van der Waals surface area contributed by atoms with E-state index in [0.29, 0.717) is 5.92 Å². The fraction of sp³-hybridized carbons (Fsp3) is 0.950. The van der Waals surface area contributed by atoms with Gasteiger partial charge in [-0.3, -0.25) is 4.79 Å². The van der Waals surface area contributed by atoms with Crippen molar-refractivity contribution in [2.45, 2.75) is 85.5 Å². The van der Waals surface area contributed by atoms with E-state index < -0.39 is 0 Å². The maximum Gasteiger partial charge on any atom is 0.223 e. The molecule has 128 valence electrons. The monoisotopic (exact) mass is 307 g/mol. The molecule has 2 aliphatic rings. The molecular weight excluding hydrogens is 270 g/mol. The first-order chi connectivity index (χ1) is 10.4. The van der Waals surface area contributed by atoms with Crippen LogP contribution in [-0.4, -0.2) is 5.91 Å². The molecule has 2 rings (SSSR count). The van der Waals surface area contributed by atoms with Crippen LogP contribution in [0.4, 0.5) is 0 Å². The predicted molar refractivity (Wildman–Crippen MR) is 93.3 cm³/mol. The van der Waals surface area contributed by atoms with Crippen molar-refractivity contribution in [1.29, 1.82) is 0 Å². The minimum absolute atomic E-state index is 0.0568. The van der Waals surface area contributed by atoms with Crippen molar-refractivity contribution >= 4 is 5.91 Å². The molecule has 22 heavy (non-hydrogen) atoms. The summed E-state index contributed by atoms with van der Waals surface area (Å²) >= 11 is 0. The highest BCUT2D eigenvalue weighted by molar-refractivity contribution is 5.81. The number of carbonyl (C=O) groups is 1. The zero-order chi connectivity index (χ0) is 16.3. The van der Waals surface area contributed by atoms with Crippen molar-refractivity contribution in [1.82, 2.24) is 0 Å². The van der Waals surface area contributed by atoms with Gasteiger partial charge in [0.1, 0.15) is 0 Å². The van der Waals surface area contributed by atoms with Crippen molar-refractivity contribution in [2.75, 3.05) is 0 Å². The molecule has 1 amide bonds. The average molecular weight is 308 g/mol. The number of hydrogen-bond acceptors (Lipinski definition) is 1. The van der Waals surface area contributed by atoms with Crippen LogP contribution in [0.5, 0.6) is 0 Å². The van der Waals surface area contributed by atoms with Crippen molar-refractivity contribution in [3.05, 3.63) is 0 Å². The van der Waals surface area contributed by atoms with E-state index >= 15 is 0 Å². The van der Waals surface area contributed by atoms with Gasteiger partial charge in [-0.2, -0.15) is 0 Å². The van der Waals surface area contributed by atoms with Gasteiger partial charge in [0.05, 0.1) is 5.41 Å². The Bertz CT molecular complexity index is 366. The highest BCUT2D eigenvalue weighted by Crippen LogP contribution is 2.47. The smallest absolute Gasteiger partial charge is 0.223 e. The van der Waals surface area contributed by atoms with Crippen LogP contribution in [0.2, 0.25) is 0 Å². The Kier molecular flexibility index (Phi) is 5.96. The molecule has 0 aliphatic heterocycles. The second-order valence-electron chi connectivity index (χ2n) is 8.81. The van der Waals surface area contributed by atoms with E-state index in [0.717, 1.165) is 36.5 Å². The normalized spacial score (nSPS) is 36.7. The number of nitrogens with two attached hydrogens (primary N) is 1. The molecule has 0 bridgehead atoms. The van der Waals surface area contributed by atoms with Gasteiger partial charge >= 0.3 is 0 Å². The van der Waals surface area contributed by atoms with Crippen LogP contribution < -0.4 is 5.73 Å². The topological polar surface area (TPSA) is 43.1 Å². The molecular formula is C20H37NO. The van der Waals surface area contributed by atoms with E-state index in [2.05, 4.69) is 27.7 Å². The molecule has 0 heterocycles. The summed E-state index contributed by atoms with van der Waals surface area (Å²) in [6, 6.07) is 0. The third-order valence-corrected chi connectivity index (χ3v) is 7.05. The molecule has 0 spiro atoms. The maximum absolute atomic E-state index is 12.0. The lowest BCUT2D eigenvalue weighted by atomic mass is 9.61. The number of primary amides is 1. The standard InChI is InChI=1S/C20H37NO/c1-14(2)18-8-6-5-7-17(18)13-16-9-11-20(12-10-16,15(3)4)19(21)22/h14-18H,5-13H2,1-4H3,(H2,21,22). The summed E-state index contributed by atoms with van der Waals surface area (Å²) < 4.78 is 0. The van der Waals surface area contributed by atoms with E-state index in [-0.39, 0.29) is 11.3 Å². The molecule has 0 saturated heterocycles. The second-order valence-corrected chi connectivity index (χ2v) is 8.81. The fourth-order valence-corrected chi connectivity index (χ4v) is 5.37. The van der Waals surface area contributed by atoms with Crippen molar-refractivity contribution in [3.8, 4) is 0 Å². The third kappa shape index (κ3) is 3.68. The molecule has 0 aromatic rings. The molecule has 2 saturated carbocycles. The van der Waals surface area contributed by atoms with Crippen LogP contribution in [0, 0.1) is 35.0 Å². The number of carbonyl (C=O) groups excluding carboxylic acids is 1. The Morgan fingerprint density at radius 3 is 2.14 bits per heavy atom. The summed E-state index contributed by atoms with van der Waals surface area (Å²) in [7, 11) is 0. The van der Waals surface area contributed by atoms with Gasteiger partial charge in [-0.1, -0.05) is 47.0 Å². The number of rotatable bonds is 5. The van der Waals surface area contributed by atoms with Crippen molar-refractivity contribution < 1.29 is 4.79 Å². The molecule has 0 aromatic carbocycles. The van der Waals surface area contributed by atoms with Gasteiger partial charge in [0.25, 0.3) is 0 Å². The molecule has 2 N–H and O–H groups in total. The zero-order valence-electron chi connectivity index (χ0n) is 15.2. The minimum atomic E-state index is -0.222. The molecule has 2 fully saturated rings. The van der Waals surface area contributed by atoms with E-state index in [9.17, 15) is 4.79 Å². The van der Waals surface area contributed by atoms with E-state index in [1.165, 1.54) is 44.9 Å². The third-order valence-electron chi connectivity index (χ3n) is 7.05. The Morgan fingerprint density at radius 2 is 1.64 bits per heavy atom. The summed E-state index contributed by atoms with van der Waals surface area (Å²) in [5.41, 5.74) is 5.53. The number of hydrogen-bond donors (Lipinski definition) is 1. The first-order valence-corrected chi connectivity index (χ1v) is 9.66. The van der Waals surface area contributed by atoms with Gasteiger partial charge in [-0.15, -0.1) is 0 Å². The van der Waals surface area contributed by atoms with Gasteiger partial charge in [-0.25, -0.2) is 0 Å². The molecule has 0 aromatic heterocycles. The fourth-order valence-electron chi connectivity index (χ4n) is 5.37. The lowest BCUT2D eigenvalue weighted by molar-refractivity contribution is -0.133. The summed E-state index contributed by atoms with van der Waals surface area (Å²) in [4.78, 5) is 12.0. The minimum Gasteiger partial charge on any atom is -0.369 e. The van der Waals surface area contributed by atoms with Crippen LogP contribution >= 0.6 is 0 Å². The second kappa shape index (κ2) is 7.36. The Labute approximate surface area is 137 Å². The van der Waals surface area contributed by atoms with Gasteiger partial charge in [0.2, 0.25) is 5.91 Å². The quantitative estimate of drug-likeness (QED) is 0.749. The van der Waals surface area contributed by atoms with Gasteiger partial charge in [-0.05, 0) is 68.1 Å². The van der Waals surface area contributed by atoms with E-state index in [4.69, 9.17) is 5.73 Å². The molecule has 2 atom stereocenters. The van der Waals surface area contributed by atoms with Gasteiger partial charge in [0, 0.05) is 0 Å². The summed E-state index contributed by atoms with van der Waals surface area (Å²) in [6.45, 7) is 9.14. The summed E-state index contributed by atoms with van der Waals surface area (Å²) in [5.74, 6) is 3.84. The molecule has 2 nitrogen and oxygen atoms in total. The molecule has 2 aliphatic carbocycles. The first-order valence-electron chi connectivity index (χ1n) is 9.66. The van der Waals surface area contributed by atoms with Gasteiger partial charge in [0.15, 0.2) is 0 Å². The van der Waals surface area contributed by atoms with E-state index in [1.54, 1.807) is 0 Å². The molecule has 2 heteroatoms. The highest BCUT2D eigenvalue weighted by atomic mass is 16.1. The Morgan fingerprint density at radius 1 is 1.05 bits per heavy atom. The lowest BCUT2D eigenvalue weighted by Gasteiger charge is -2.43. The first kappa shape index (κ1) is 17.8. The van der Waals surface area contributed by atoms with Crippen LogP contribution in [0.3, 0.4) is 0 Å². The average Bonchev–Trinajstić information content (AvgIpc) is 2.48. The zero-order valence-corrected chi connectivity index (χ0v) is 15.2. The predicted octanol–water partition coefficient (Wildman–Crippen LogP) is 5.16. The SMILES string of the molecule is CC(C)C1CCCCC1CC1CCC(C(N)=O)(C(C)C)CC1. The maximum atomic E-state index is 12.0. The van der Waals surface area contributed by atoms with Crippen LogP contribution in [0.25, 0.3) is 0 Å². The molecule has 2 unspecified atom stereocenters. The van der Waals surface area contributed by atoms with Crippen molar-refractivity contribution in [2.24, 2.45) is 40.7 Å².